The molecular weight excluding hydrogens is 410 g/mol. The van der Waals surface area contributed by atoms with Crippen molar-refractivity contribution in [2.45, 2.75) is 102 Å². The number of aromatic hydroxyl groups is 1. The largest absolute Gasteiger partial charge is 0.508 e. The summed E-state index contributed by atoms with van der Waals surface area (Å²) in [5.74, 6) is 1.60. The van der Waals surface area contributed by atoms with E-state index in [9.17, 15) is 9.90 Å². The van der Waals surface area contributed by atoms with Crippen LogP contribution in [0.4, 0.5) is 4.79 Å². The molecule has 1 aromatic rings. The van der Waals surface area contributed by atoms with E-state index in [2.05, 4.69) is 28.1 Å². The van der Waals surface area contributed by atoms with Crippen LogP contribution in [0.2, 0.25) is 0 Å². The van der Waals surface area contributed by atoms with E-state index in [1.54, 1.807) is 6.07 Å². The van der Waals surface area contributed by atoms with Crippen LogP contribution in [0.1, 0.15) is 95.5 Å². The van der Waals surface area contributed by atoms with E-state index in [-0.39, 0.29) is 6.03 Å². The van der Waals surface area contributed by atoms with Crippen molar-refractivity contribution in [2.75, 3.05) is 26.2 Å². The molecule has 0 radical (unpaired) electrons. The number of piperidine rings is 1. The van der Waals surface area contributed by atoms with Crippen LogP contribution in [0.25, 0.3) is 0 Å². The summed E-state index contributed by atoms with van der Waals surface area (Å²) in [5, 5.41) is 13.1. The van der Waals surface area contributed by atoms with Crippen molar-refractivity contribution in [3.8, 4) is 5.75 Å². The van der Waals surface area contributed by atoms with Crippen LogP contribution in [-0.2, 0) is 0 Å². The van der Waals surface area contributed by atoms with E-state index in [1.807, 2.05) is 12.1 Å². The number of phenolic OH excluding ortho intramolecular Hbond substituents is 1. The SMILES string of the molecule is CCCCCNC(=O)N(CCN1[C@@H]2CC[C@H]1C[C@@H](c1cccc(O)c1)C2)CC1CCCCC1. The van der Waals surface area contributed by atoms with Crippen molar-refractivity contribution in [3.05, 3.63) is 29.8 Å². The van der Waals surface area contributed by atoms with Crippen LogP contribution >= 0.6 is 0 Å². The Morgan fingerprint density at radius 3 is 2.55 bits per heavy atom. The Morgan fingerprint density at radius 1 is 1.09 bits per heavy atom. The van der Waals surface area contributed by atoms with Gasteiger partial charge in [-0.1, -0.05) is 51.2 Å². The van der Waals surface area contributed by atoms with Crippen LogP contribution in [0.15, 0.2) is 24.3 Å². The minimum absolute atomic E-state index is 0.152. The molecule has 3 aliphatic rings. The molecule has 4 rings (SSSR count). The molecule has 2 heterocycles. The zero-order valence-corrected chi connectivity index (χ0v) is 20.7. The molecule has 33 heavy (non-hydrogen) atoms. The molecule has 2 bridgehead atoms. The summed E-state index contributed by atoms with van der Waals surface area (Å²) in [6.07, 6.45) is 14.9. The topological polar surface area (TPSA) is 55.8 Å². The zero-order chi connectivity index (χ0) is 23.0. The van der Waals surface area contributed by atoms with Crippen molar-refractivity contribution in [1.82, 2.24) is 15.1 Å². The molecule has 1 aromatic carbocycles. The Bertz CT molecular complexity index is 734. The van der Waals surface area contributed by atoms with E-state index in [0.29, 0.717) is 29.7 Å². The first-order chi connectivity index (χ1) is 16.1. The van der Waals surface area contributed by atoms with Gasteiger partial charge in [0.2, 0.25) is 0 Å². The zero-order valence-electron chi connectivity index (χ0n) is 20.7. The molecule has 5 heteroatoms. The van der Waals surface area contributed by atoms with Gasteiger partial charge in [-0.2, -0.15) is 0 Å². The highest BCUT2D eigenvalue weighted by molar-refractivity contribution is 5.74. The van der Waals surface area contributed by atoms with Gasteiger partial charge in [-0.3, -0.25) is 4.90 Å². The predicted octanol–water partition coefficient (Wildman–Crippen LogP) is 5.88. The molecular formula is C28H45N3O2. The second-order valence-corrected chi connectivity index (χ2v) is 10.8. The van der Waals surface area contributed by atoms with Crippen LogP contribution in [0.5, 0.6) is 5.75 Å². The van der Waals surface area contributed by atoms with Crippen LogP contribution in [0, 0.1) is 5.92 Å². The third kappa shape index (κ3) is 6.65. The lowest BCUT2D eigenvalue weighted by atomic mass is 9.85. The molecule has 2 saturated heterocycles. The minimum Gasteiger partial charge on any atom is -0.508 e. The molecule has 3 atom stereocenters. The number of unbranched alkanes of at least 4 members (excludes halogenated alkanes) is 2. The van der Waals surface area contributed by atoms with Crippen molar-refractivity contribution < 1.29 is 9.90 Å². The number of benzene rings is 1. The van der Waals surface area contributed by atoms with Gasteiger partial charge in [-0.25, -0.2) is 4.79 Å². The summed E-state index contributed by atoms with van der Waals surface area (Å²) in [4.78, 5) is 17.9. The predicted molar refractivity (Wildman–Crippen MR) is 135 cm³/mol. The average molecular weight is 456 g/mol. The highest BCUT2D eigenvalue weighted by Crippen LogP contribution is 2.43. The first-order valence-electron chi connectivity index (χ1n) is 13.7. The molecule has 2 N–H and O–H groups in total. The summed E-state index contributed by atoms with van der Waals surface area (Å²) in [7, 11) is 0. The third-order valence-electron chi connectivity index (χ3n) is 8.40. The molecule has 0 spiro atoms. The fourth-order valence-corrected chi connectivity index (χ4v) is 6.57. The van der Waals surface area contributed by atoms with Crippen molar-refractivity contribution in [3.63, 3.8) is 0 Å². The number of hydrogen-bond acceptors (Lipinski definition) is 3. The van der Waals surface area contributed by atoms with Crippen LogP contribution in [0.3, 0.4) is 0 Å². The van der Waals surface area contributed by atoms with Gasteiger partial charge in [0, 0.05) is 38.3 Å². The van der Waals surface area contributed by atoms with Gasteiger partial charge in [0.15, 0.2) is 0 Å². The maximum Gasteiger partial charge on any atom is 0.317 e. The van der Waals surface area contributed by atoms with E-state index in [1.165, 1.54) is 76.2 Å². The van der Waals surface area contributed by atoms with Gasteiger partial charge < -0.3 is 15.3 Å². The number of carbonyl (C=O) groups is 1. The number of carbonyl (C=O) groups excluding carboxylic acids is 1. The van der Waals surface area contributed by atoms with Crippen LogP contribution in [-0.4, -0.2) is 59.2 Å². The fourth-order valence-electron chi connectivity index (χ4n) is 6.57. The first kappa shape index (κ1) is 24.4. The third-order valence-corrected chi connectivity index (χ3v) is 8.40. The summed E-state index contributed by atoms with van der Waals surface area (Å²) in [5.41, 5.74) is 1.29. The fraction of sp³-hybridized carbons (Fsp3) is 0.750. The van der Waals surface area contributed by atoms with Gasteiger partial charge in [0.1, 0.15) is 5.75 Å². The van der Waals surface area contributed by atoms with Gasteiger partial charge in [-0.05, 0) is 74.5 Å². The van der Waals surface area contributed by atoms with E-state index in [0.717, 1.165) is 32.6 Å². The quantitative estimate of drug-likeness (QED) is 0.433. The summed E-state index contributed by atoms with van der Waals surface area (Å²) < 4.78 is 0. The monoisotopic (exact) mass is 455 g/mol. The number of rotatable bonds is 10. The maximum absolute atomic E-state index is 13.1. The summed E-state index contributed by atoms with van der Waals surface area (Å²) in [6.45, 7) is 5.77. The number of hydrogen-bond donors (Lipinski definition) is 2. The molecule has 0 unspecified atom stereocenters. The Labute approximate surface area is 200 Å². The highest BCUT2D eigenvalue weighted by atomic mass is 16.3. The molecule has 5 nitrogen and oxygen atoms in total. The van der Waals surface area contributed by atoms with E-state index < -0.39 is 0 Å². The lowest BCUT2D eigenvalue weighted by molar-refractivity contribution is 0.106. The molecule has 1 aliphatic carbocycles. The summed E-state index contributed by atoms with van der Waals surface area (Å²) in [6, 6.07) is 9.24. The number of urea groups is 1. The average Bonchev–Trinajstić information content (AvgIpc) is 3.06. The van der Waals surface area contributed by atoms with Crippen molar-refractivity contribution >= 4 is 6.03 Å². The molecule has 2 amide bonds. The second kappa shape index (κ2) is 12.1. The minimum atomic E-state index is 0.152. The molecule has 3 fully saturated rings. The van der Waals surface area contributed by atoms with Crippen molar-refractivity contribution in [2.24, 2.45) is 5.92 Å². The number of amides is 2. The number of fused-ring (bicyclic) bond motifs is 2. The molecule has 184 valence electrons. The first-order valence-corrected chi connectivity index (χ1v) is 13.7. The maximum atomic E-state index is 13.1. The molecule has 1 saturated carbocycles. The molecule has 2 aliphatic heterocycles. The smallest absolute Gasteiger partial charge is 0.317 e. The van der Waals surface area contributed by atoms with Gasteiger partial charge >= 0.3 is 6.03 Å². The van der Waals surface area contributed by atoms with Gasteiger partial charge in [0.25, 0.3) is 0 Å². The highest BCUT2D eigenvalue weighted by Gasteiger charge is 2.41. The van der Waals surface area contributed by atoms with Gasteiger partial charge in [0.05, 0.1) is 0 Å². The standard InChI is InChI=1S/C28H45N3O2/c1-2-3-7-15-29-28(33)30(21-22-9-5-4-6-10-22)16-17-31-25-13-14-26(31)19-24(18-25)23-11-8-12-27(32)20-23/h8,11-12,20,22,24-26,32H,2-7,9-10,13-19,21H2,1H3,(H,29,33)/t24-,25+,26-. The molecule has 0 aromatic heterocycles. The normalized spacial score (nSPS) is 25.8. The number of phenols is 1. The summed E-state index contributed by atoms with van der Waals surface area (Å²) >= 11 is 0. The number of nitrogens with zero attached hydrogens (tertiary/aromatic N) is 2. The van der Waals surface area contributed by atoms with E-state index >= 15 is 0 Å². The Morgan fingerprint density at radius 2 is 1.85 bits per heavy atom. The van der Waals surface area contributed by atoms with E-state index in [4.69, 9.17) is 0 Å². The lowest BCUT2D eigenvalue weighted by Crippen LogP contribution is -2.50. The Balaban J connectivity index is 1.33. The Kier molecular flexibility index (Phi) is 8.94. The Hall–Kier alpha value is -1.75. The van der Waals surface area contributed by atoms with Crippen molar-refractivity contribution in [1.29, 1.82) is 0 Å². The van der Waals surface area contributed by atoms with Crippen LogP contribution < -0.4 is 5.32 Å². The lowest BCUT2D eigenvalue weighted by Gasteiger charge is -2.40. The number of nitrogens with one attached hydrogen (secondary N) is 1. The second-order valence-electron chi connectivity index (χ2n) is 10.8. The van der Waals surface area contributed by atoms with Gasteiger partial charge in [-0.15, -0.1) is 0 Å².